The van der Waals surface area contributed by atoms with Crippen LogP contribution in [0, 0.1) is 11.3 Å². The molecule has 4 heteroatoms. The lowest BCUT2D eigenvalue weighted by molar-refractivity contribution is 0.473. The van der Waals surface area contributed by atoms with Crippen LogP contribution in [0.2, 0.25) is 0 Å². The minimum atomic E-state index is 0.531. The second-order valence-electron chi connectivity index (χ2n) is 4.77. The van der Waals surface area contributed by atoms with Gasteiger partial charge < -0.3 is 11.1 Å². The number of hydrogen-bond donors (Lipinski definition) is 2. The first-order valence-electron chi connectivity index (χ1n) is 6.32. The third-order valence-corrected chi connectivity index (χ3v) is 4.69. The van der Waals surface area contributed by atoms with E-state index in [1.165, 1.54) is 25.7 Å². The van der Waals surface area contributed by atoms with E-state index in [1.807, 2.05) is 23.9 Å². The fourth-order valence-corrected chi connectivity index (χ4v) is 3.17. The van der Waals surface area contributed by atoms with E-state index in [9.17, 15) is 0 Å². The highest BCUT2D eigenvalue weighted by atomic mass is 32.2. The lowest BCUT2D eigenvalue weighted by Crippen LogP contribution is -2.27. The molecule has 0 saturated heterocycles. The van der Waals surface area contributed by atoms with Gasteiger partial charge in [0.15, 0.2) is 0 Å². The molecule has 3 N–H and O–H groups in total. The summed E-state index contributed by atoms with van der Waals surface area (Å²) in [4.78, 5) is 0. The Morgan fingerprint density at radius 1 is 1.33 bits per heavy atom. The minimum Gasteiger partial charge on any atom is -0.398 e. The Kier molecular flexibility index (Phi) is 4.38. The predicted molar refractivity (Wildman–Crippen MR) is 78.8 cm³/mol. The van der Waals surface area contributed by atoms with Crippen molar-refractivity contribution in [2.45, 2.75) is 37.0 Å². The topological polar surface area (TPSA) is 61.8 Å². The van der Waals surface area contributed by atoms with E-state index in [4.69, 9.17) is 11.0 Å². The highest BCUT2D eigenvalue weighted by molar-refractivity contribution is 7.99. The van der Waals surface area contributed by atoms with Crippen molar-refractivity contribution in [2.75, 3.05) is 17.3 Å². The van der Waals surface area contributed by atoms with Crippen molar-refractivity contribution in [3.8, 4) is 6.07 Å². The van der Waals surface area contributed by atoms with Crippen LogP contribution in [0.5, 0.6) is 0 Å². The van der Waals surface area contributed by atoms with Crippen LogP contribution in [0.1, 0.15) is 31.2 Å². The quantitative estimate of drug-likeness (QED) is 0.820. The third kappa shape index (κ3) is 3.11. The highest BCUT2D eigenvalue weighted by Gasteiger charge is 2.20. The van der Waals surface area contributed by atoms with E-state index in [2.05, 4.69) is 17.6 Å². The van der Waals surface area contributed by atoms with Crippen LogP contribution >= 0.6 is 11.8 Å². The lowest BCUT2D eigenvalue weighted by Gasteiger charge is -2.28. The molecule has 0 aromatic heterocycles. The van der Waals surface area contributed by atoms with Gasteiger partial charge >= 0.3 is 0 Å². The number of benzene rings is 1. The molecule has 1 fully saturated rings. The van der Waals surface area contributed by atoms with Gasteiger partial charge in [-0.2, -0.15) is 17.0 Å². The van der Waals surface area contributed by atoms with Crippen LogP contribution in [0.4, 0.5) is 11.4 Å². The Balaban J connectivity index is 1.96. The van der Waals surface area contributed by atoms with E-state index in [0.29, 0.717) is 17.3 Å². The van der Waals surface area contributed by atoms with Gasteiger partial charge in [-0.05, 0) is 50.1 Å². The molecule has 96 valence electrons. The zero-order chi connectivity index (χ0) is 13.0. The molecule has 1 aromatic carbocycles. The molecule has 0 bridgehead atoms. The summed E-state index contributed by atoms with van der Waals surface area (Å²) in [6, 6.07) is 8.25. The molecule has 0 unspecified atom stereocenters. The molecule has 2 rings (SSSR count). The van der Waals surface area contributed by atoms with Gasteiger partial charge in [-0.15, -0.1) is 0 Å². The Morgan fingerprint density at radius 2 is 2.06 bits per heavy atom. The van der Waals surface area contributed by atoms with Crippen molar-refractivity contribution in [2.24, 2.45) is 0 Å². The largest absolute Gasteiger partial charge is 0.398 e. The van der Waals surface area contributed by atoms with E-state index in [-0.39, 0.29) is 0 Å². The van der Waals surface area contributed by atoms with Gasteiger partial charge in [0, 0.05) is 22.7 Å². The summed E-state index contributed by atoms with van der Waals surface area (Å²) in [5.41, 5.74) is 7.83. The van der Waals surface area contributed by atoms with Crippen molar-refractivity contribution >= 4 is 23.1 Å². The smallest absolute Gasteiger partial charge is 0.101 e. The van der Waals surface area contributed by atoms with Crippen LogP contribution in [0.25, 0.3) is 0 Å². The Hall–Kier alpha value is -1.34. The van der Waals surface area contributed by atoms with Crippen LogP contribution < -0.4 is 11.1 Å². The van der Waals surface area contributed by atoms with Gasteiger partial charge in [-0.1, -0.05) is 0 Å². The number of nitrogens with one attached hydrogen (secondary N) is 1. The van der Waals surface area contributed by atoms with Gasteiger partial charge in [0.1, 0.15) is 6.07 Å². The van der Waals surface area contributed by atoms with Crippen molar-refractivity contribution in [1.29, 1.82) is 5.26 Å². The molecule has 0 spiro atoms. The van der Waals surface area contributed by atoms with E-state index in [1.54, 1.807) is 6.07 Å². The molecule has 1 saturated carbocycles. The van der Waals surface area contributed by atoms with E-state index < -0.39 is 0 Å². The van der Waals surface area contributed by atoms with Crippen molar-refractivity contribution in [1.82, 2.24) is 0 Å². The van der Waals surface area contributed by atoms with Crippen molar-refractivity contribution in [3.63, 3.8) is 0 Å². The molecule has 0 amide bonds. The predicted octanol–water partition coefficient (Wildman–Crippen LogP) is 3.23. The van der Waals surface area contributed by atoms with Crippen LogP contribution in [0.15, 0.2) is 18.2 Å². The number of nitrogen functional groups attached to an aromatic ring is 1. The average molecular weight is 261 g/mol. The molecular formula is C14H19N3S. The zero-order valence-corrected chi connectivity index (χ0v) is 11.5. The van der Waals surface area contributed by atoms with Crippen molar-refractivity contribution in [3.05, 3.63) is 23.8 Å². The maximum Gasteiger partial charge on any atom is 0.101 e. The SMILES string of the molecule is CSC1CCC(Nc2ccc(N)c(C#N)c2)CC1. The second kappa shape index (κ2) is 6.01. The van der Waals surface area contributed by atoms with Crippen LogP contribution in [-0.4, -0.2) is 17.5 Å². The maximum absolute atomic E-state index is 8.95. The number of nitrogens with two attached hydrogens (primary N) is 1. The first-order chi connectivity index (χ1) is 8.72. The number of nitrogens with zero attached hydrogens (tertiary/aromatic N) is 1. The fraction of sp³-hybridized carbons (Fsp3) is 0.500. The van der Waals surface area contributed by atoms with Crippen LogP contribution in [0.3, 0.4) is 0 Å². The summed E-state index contributed by atoms with van der Waals surface area (Å²) in [5.74, 6) is 0. The Morgan fingerprint density at radius 3 is 2.67 bits per heavy atom. The molecule has 0 radical (unpaired) electrons. The van der Waals surface area contributed by atoms with Gasteiger partial charge in [0.05, 0.1) is 5.56 Å². The monoisotopic (exact) mass is 261 g/mol. The first-order valence-corrected chi connectivity index (χ1v) is 7.60. The molecule has 0 heterocycles. The molecule has 0 aliphatic heterocycles. The zero-order valence-electron chi connectivity index (χ0n) is 10.6. The van der Waals surface area contributed by atoms with Crippen LogP contribution in [-0.2, 0) is 0 Å². The summed E-state index contributed by atoms with van der Waals surface area (Å²) < 4.78 is 0. The maximum atomic E-state index is 8.95. The summed E-state index contributed by atoms with van der Waals surface area (Å²) in [5, 5.41) is 13.3. The highest BCUT2D eigenvalue weighted by Crippen LogP contribution is 2.29. The van der Waals surface area contributed by atoms with Gasteiger partial charge in [-0.3, -0.25) is 0 Å². The Labute approximate surface area is 113 Å². The average Bonchev–Trinajstić information content (AvgIpc) is 2.42. The normalized spacial score (nSPS) is 23.3. The van der Waals surface area contributed by atoms with Gasteiger partial charge in [0.2, 0.25) is 0 Å². The third-order valence-electron chi connectivity index (χ3n) is 3.55. The molecular weight excluding hydrogens is 242 g/mol. The molecule has 3 nitrogen and oxygen atoms in total. The van der Waals surface area contributed by atoms with Gasteiger partial charge in [-0.25, -0.2) is 0 Å². The van der Waals surface area contributed by atoms with Gasteiger partial charge in [0.25, 0.3) is 0 Å². The summed E-state index contributed by atoms with van der Waals surface area (Å²) >= 11 is 1.97. The number of anilines is 2. The van der Waals surface area contributed by atoms with E-state index in [0.717, 1.165) is 10.9 Å². The number of nitriles is 1. The minimum absolute atomic E-state index is 0.531. The Bertz CT molecular complexity index is 445. The summed E-state index contributed by atoms with van der Waals surface area (Å²) in [6.45, 7) is 0. The number of thioether (sulfide) groups is 1. The fourth-order valence-electron chi connectivity index (χ4n) is 2.42. The van der Waals surface area contributed by atoms with E-state index >= 15 is 0 Å². The summed E-state index contributed by atoms with van der Waals surface area (Å²) in [7, 11) is 0. The number of rotatable bonds is 3. The lowest BCUT2D eigenvalue weighted by atomic mass is 9.94. The molecule has 1 aromatic rings. The summed E-state index contributed by atoms with van der Waals surface area (Å²) in [6.07, 6.45) is 7.16. The molecule has 1 aliphatic carbocycles. The second-order valence-corrected chi connectivity index (χ2v) is 5.91. The molecule has 18 heavy (non-hydrogen) atoms. The van der Waals surface area contributed by atoms with Crippen molar-refractivity contribution < 1.29 is 0 Å². The molecule has 0 atom stereocenters. The number of hydrogen-bond acceptors (Lipinski definition) is 4. The first kappa shape index (κ1) is 13.1. The molecule has 1 aliphatic rings. The standard InChI is InChI=1S/C14H19N3S/c1-18-13-5-2-11(3-6-13)17-12-4-7-14(16)10(8-12)9-15/h4,7-8,11,13,17H,2-3,5-6,16H2,1H3.